The summed E-state index contributed by atoms with van der Waals surface area (Å²) in [5.41, 5.74) is 1.11. The van der Waals surface area contributed by atoms with Crippen molar-refractivity contribution in [2.24, 2.45) is 0 Å². The van der Waals surface area contributed by atoms with Crippen LogP contribution >= 0.6 is 0 Å². The lowest BCUT2D eigenvalue weighted by atomic mass is 10.1. The fraction of sp³-hybridized carbons (Fsp3) is 0.588. The van der Waals surface area contributed by atoms with Crippen LogP contribution in [0.3, 0.4) is 0 Å². The molecule has 2 aliphatic heterocycles. The minimum atomic E-state index is -0.297. The molecule has 126 valence electrons. The van der Waals surface area contributed by atoms with Crippen molar-refractivity contribution < 1.29 is 19.4 Å². The maximum Gasteiger partial charge on any atom is 0.234 e. The Hall–Kier alpha value is -1.79. The number of ether oxygens (including phenoxy) is 2. The number of β-amino-alcohol motifs (C(OH)–C–C–N with tert-alkyl or cyclic N) is 1. The van der Waals surface area contributed by atoms with E-state index in [2.05, 4.69) is 5.32 Å². The Labute approximate surface area is 136 Å². The Balaban J connectivity index is 1.41. The first kappa shape index (κ1) is 16.1. The number of carbonyl (C=O) groups is 1. The van der Waals surface area contributed by atoms with Crippen LogP contribution in [0.2, 0.25) is 0 Å². The molecule has 0 unspecified atom stereocenters. The summed E-state index contributed by atoms with van der Waals surface area (Å²) in [7, 11) is 0. The van der Waals surface area contributed by atoms with Gasteiger partial charge in [-0.25, -0.2) is 0 Å². The Morgan fingerprint density at radius 2 is 2.13 bits per heavy atom. The number of nitrogens with one attached hydrogen (secondary N) is 1. The third kappa shape index (κ3) is 4.59. The average Bonchev–Trinajstić information content (AvgIpc) is 2.55. The van der Waals surface area contributed by atoms with Crippen LogP contribution in [0.1, 0.15) is 18.4 Å². The fourth-order valence-electron chi connectivity index (χ4n) is 3.02. The maximum atomic E-state index is 12.0. The first-order chi connectivity index (χ1) is 11.2. The molecule has 0 bridgehead atoms. The molecule has 1 aromatic carbocycles. The molecule has 1 amide bonds. The van der Waals surface area contributed by atoms with Crippen molar-refractivity contribution in [3.8, 4) is 11.5 Å². The number of likely N-dealkylation sites (tertiary alicyclic amines) is 1. The molecule has 6 heteroatoms. The molecular weight excluding hydrogens is 296 g/mol. The topological polar surface area (TPSA) is 71.0 Å². The molecule has 2 aliphatic rings. The lowest BCUT2D eigenvalue weighted by Crippen LogP contribution is -2.44. The highest BCUT2D eigenvalue weighted by atomic mass is 16.6. The van der Waals surface area contributed by atoms with Gasteiger partial charge in [-0.05, 0) is 43.5 Å². The number of piperidine rings is 1. The molecular formula is C17H24N2O4. The largest absolute Gasteiger partial charge is 0.486 e. The summed E-state index contributed by atoms with van der Waals surface area (Å²) in [5.74, 6) is 1.58. The molecule has 6 nitrogen and oxygen atoms in total. The van der Waals surface area contributed by atoms with Crippen molar-refractivity contribution in [3.05, 3.63) is 23.8 Å². The predicted molar refractivity (Wildman–Crippen MR) is 85.8 cm³/mol. The summed E-state index contributed by atoms with van der Waals surface area (Å²) in [6.45, 7) is 3.60. The number of benzene rings is 1. The van der Waals surface area contributed by atoms with Crippen molar-refractivity contribution in [2.75, 3.05) is 39.4 Å². The highest BCUT2D eigenvalue weighted by Crippen LogP contribution is 2.30. The van der Waals surface area contributed by atoms with E-state index >= 15 is 0 Å². The molecule has 2 heterocycles. The van der Waals surface area contributed by atoms with Gasteiger partial charge in [0.15, 0.2) is 11.5 Å². The first-order valence-corrected chi connectivity index (χ1v) is 8.26. The van der Waals surface area contributed by atoms with E-state index in [1.165, 1.54) is 0 Å². The number of amides is 1. The van der Waals surface area contributed by atoms with Gasteiger partial charge in [-0.1, -0.05) is 6.07 Å². The molecule has 3 rings (SSSR count). The van der Waals surface area contributed by atoms with Gasteiger partial charge < -0.3 is 19.9 Å². The zero-order valence-electron chi connectivity index (χ0n) is 13.3. The Morgan fingerprint density at radius 1 is 1.30 bits per heavy atom. The van der Waals surface area contributed by atoms with Crippen LogP contribution in [0.25, 0.3) is 0 Å². The van der Waals surface area contributed by atoms with Crippen LogP contribution in [-0.4, -0.2) is 61.4 Å². The van der Waals surface area contributed by atoms with Gasteiger partial charge >= 0.3 is 0 Å². The SMILES string of the molecule is O=C(CN1CCC[C@@H](O)C1)NCCc1ccc2c(c1)OCCO2. The van der Waals surface area contributed by atoms with E-state index in [4.69, 9.17) is 9.47 Å². The second kappa shape index (κ2) is 7.66. The maximum absolute atomic E-state index is 12.0. The second-order valence-electron chi connectivity index (χ2n) is 6.11. The van der Waals surface area contributed by atoms with Crippen molar-refractivity contribution in [1.29, 1.82) is 0 Å². The number of hydrogen-bond donors (Lipinski definition) is 2. The van der Waals surface area contributed by atoms with E-state index in [9.17, 15) is 9.90 Å². The molecule has 1 saturated heterocycles. The molecule has 1 fully saturated rings. The van der Waals surface area contributed by atoms with Crippen LogP contribution in [0.5, 0.6) is 11.5 Å². The molecule has 0 radical (unpaired) electrons. The zero-order chi connectivity index (χ0) is 16.1. The smallest absolute Gasteiger partial charge is 0.234 e. The first-order valence-electron chi connectivity index (χ1n) is 8.26. The summed E-state index contributed by atoms with van der Waals surface area (Å²) in [6.07, 6.45) is 2.24. The summed E-state index contributed by atoms with van der Waals surface area (Å²) in [4.78, 5) is 14.0. The van der Waals surface area contributed by atoms with Gasteiger partial charge in [-0.15, -0.1) is 0 Å². The molecule has 0 spiro atoms. The van der Waals surface area contributed by atoms with E-state index in [1.807, 2.05) is 23.1 Å². The summed E-state index contributed by atoms with van der Waals surface area (Å²) >= 11 is 0. The van der Waals surface area contributed by atoms with Gasteiger partial charge in [0.25, 0.3) is 0 Å². The van der Waals surface area contributed by atoms with Crippen LogP contribution < -0.4 is 14.8 Å². The lowest BCUT2D eigenvalue weighted by Gasteiger charge is -2.29. The molecule has 2 N–H and O–H groups in total. The molecule has 1 atom stereocenters. The molecule has 1 aromatic rings. The summed E-state index contributed by atoms with van der Waals surface area (Å²) < 4.78 is 11.1. The number of nitrogens with zero attached hydrogens (tertiary/aromatic N) is 1. The number of carbonyl (C=O) groups excluding carboxylic acids is 1. The van der Waals surface area contributed by atoms with Gasteiger partial charge in [0.1, 0.15) is 13.2 Å². The standard InChI is InChI=1S/C17H24N2O4/c20-14-2-1-7-19(11-14)12-17(21)18-6-5-13-3-4-15-16(10-13)23-9-8-22-15/h3-4,10,14,20H,1-2,5-9,11-12H2,(H,18,21)/t14-/m1/s1. The molecule has 23 heavy (non-hydrogen) atoms. The van der Waals surface area contributed by atoms with Gasteiger partial charge in [0, 0.05) is 13.1 Å². The quantitative estimate of drug-likeness (QED) is 0.830. The van der Waals surface area contributed by atoms with Crippen molar-refractivity contribution in [2.45, 2.75) is 25.4 Å². The Bertz CT molecular complexity index is 549. The van der Waals surface area contributed by atoms with E-state index in [-0.39, 0.29) is 12.0 Å². The minimum Gasteiger partial charge on any atom is -0.486 e. The highest BCUT2D eigenvalue weighted by Gasteiger charge is 2.19. The van der Waals surface area contributed by atoms with E-state index in [0.717, 1.165) is 42.9 Å². The third-order valence-electron chi connectivity index (χ3n) is 4.19. The van der Waals surface area contributed by atoms with Gasteiger partial charge in [0.2, 0.25) is 5.91 Å². The number of fused-ring (bicyclic) bond motifs is 1. The molecule has 0 saturated carbocycles. The summed E-state index contributed by atoms with van der Waals surface area (Å²) in [6, 6.07) is 5.89. The number of rotatable bonds is 5. The molecule has 0 aliphatic carbocycles. The van der Waals surface area contributed by atoms with Gasteiger partial charge in [-0.3, -0.25) is 9.69 Å². The van der Waals surface area contributed by atoms with E-state index in [0.29, 0.717) is 32.8 Å². The fourth-order valence-corrected chi connectivity index (χ4v) is 3.02. The highest BCUT2D eigenvalue weighted by molar-refractivity contribution is 5.78. The number of hydrogen-bond acceptors (Lipinski definition) is 5. The third-order valence-corrected chi connectivity index (χ3v) is 4.19. The zero-order valence-corrected chi connectivity index (χ0v) is 13.3. The van der Waals surface area contributed by atoms with Crippen molar-refractivity contribution in [1.82, 2.24) is 10.2 Å². The van der Waals surface area contributed by atoms with Crippen LogP contribution in [0.4, 0.5) is 0 Å². The van der Waals surface area contributed by atoms with Crippen LogP contribution in [0, 0.1) is 0 Å². The van der Waals surface area contributed by atoms with E-state index < -0.39 is 0 Å². The van der Waals surface area contributed by atoms with Crippen LogP contribution in [0.15, 0.2) is 18.2 Å². The minimum absolute atomic E-state index is 0.0108. The molecule has 0 aromatic heterocycles. The number of aliphatic hydroxyl groups excluding tert-OH is 1. The Morgan fingerprint density at radius 3 is 2.96 bits per heavy atom. The van der Waals surface area contributed by atoms with Crippen molar-refractivity contribution >= 4 is 5.91 Å². The van der Waals surface area contributed by atoms with Gasteiger partial charge in [0.05, 0.1) is 12.6 Å². The van der Waals surface area contributed by atoms with E-state index in [1.54, 1.807) is 0 Å². The van der Waals surface area contributed by atoms with Gasteiger partial charge in [-0.2, -0.15) is 0 Å². The normalized spacial score (nSPS) is 21.0. The van der Waals surface area contributed by atoms with Crippen molar-refractivity contribution in [3.63, 3.8) is 0 Å². The monoisotopic (exact) mass is 320 g/mol. The number of aliphatic hydroxyl groups is 1. The Kier molecular flexibility index (Phi) is 5.35. The summed E-state index contributed by atoms with van der Waals surface area (Å²) in [5, 5.41) is 12.6. The second-order valence-corrected chi connectivity index (χ2v) is 6.11. The predicted octanol–water partition coefficient (Wildman–Crippen LogP) is 0.573. The average molecular weight is 320 g/mol. The van der Waals surface area contributed by atoms with Crippen LogP contribution in [-0.2, 0) is 11.2 Å². The lowest BCUT2D eigenvalue weighted by molar-refractivity contribution is -0.122.